The van der Waals surface area contributed by atoms with E-state index in [0.29, 0.717) is 19.8 Å². The first-order valence-electron chi connectivity index (χ1n) is 7.57. The van der Waals surface area contributed by atoms with Gasteiger partial charge in [0.1, 0.15) is 13.2 Å². The average Bonchev–Trinajstić information content (AvgIpc) is 2.61. The number of thioether (sulfide) groups is 1. The highest BCUT2D eigenvalue weighted by atomic mass is 32.2. The Bertz CT molecular complexity index is 702. The Kier molecular flexibility index (Phi) is 5.08. The molecule has 4 nitrogen and oxygen atoms in total. The maximum Gasteiger partial charge on any atom is 0.252 e. The minimum Gasteiger partial charge on any atom is -0.486 e. The summed E-state index contributed by atoms with van der Waals surface area (Å²) in [6.45, 7) is 1.76. The molecule has 0 fully saturated rings. The number of amides is 1. The van der Waals surface area contributed by atoms with Crippen molar-refractivity contribution in [3.8, 4) is 11.5 Å². The van der Waals surface area contributed by atoms with E-state index in [0.717, 1.165) is 33.9 Å². The standard InChI is InChI=1S/C18H19NO3S/c1-23-17-5-3-2-4-14(17)18(20)19-9-8-13-6-7-15-16(12-13)22-11-10-21-15/h2-7,12H,8-11H2,1H3,(H,19,20). The molecule has 1 aliphatic heterocycles. The molecule has 5 heteroatoms. The van der Waals surface area contributed by atoms with Gasteiger partial charge in [0.15, 0.2) is 11.5 Å². The lowest BCUT2D eigenvalue weighted by Gasteiger charge is -2.18. The summed E-state index contributed by atoms with van der Waals surface area (Å²) in [5.74, 6) is 1.54. The molecule has 0 aliphatic carbocycles. The highest BCUT2D eigenvalue weighted by molar-refractivity contribution is 7.98. The summed E-state index contributed by atoms with van der Waals surface area (Å²) in [5.41, 5.74) is 1.84. The van der Waals surface area contributed by atoms with Gasteiger partial charge in [-0.1, -0.05) is 18.2 Å². The monoisotopic (exact) mass is 329 g/mol. The second-order valence-corrected chi connectivity index (χ2v) is 6.03. The molecule has 0 unspecified atom stereocenters. The summed E-state index contributed by atoms with van der Waals surface area (Å²) in [5, 5.41) is 2.98. The number of nitrogens with one attached hydrogen (secondary N) is 1. The van der Waals surface area contributed by atoms with Crippen LogP contribution in [0.25, 0.3) is 0 Å². The molecule has 0 atom stereocenters. The van der Waals surface area contributed by atoms with Gasteiger partial charge in [-0.15, -0.1) is 11.8 Å². The molecule has 120 valence electrons. The van der Waals surface area contributed by atoms with Gasteiger partial charge in [-0.25, -0.2) is 0 Å². The SMILES string of the molecule is CSc1ccccc1C(=O)NCCc1ccc2c(c1)OCCO2. The molecule has 23 heavy (non-hydrogen) atoms. The van der Waals surface area contributed by atoms with Crippen molar-refractivity contribution in [3.63, 3.8) is 0 Å². The van der Waals surface area contributed by atoms with Crippen LogP contribution in [0, 0.1) is 0 Å². The fraction of sp³-hybridized carbons (Fsp3) is 0.278. The Balaban J connectivity index is 1.58. The first-order chi connectivity index (χ1) is 11.3. The van der Waals surface area contributed by atoms with Gasteiger partial charge >= 0.3 is 0 Å². The normalized spacial score (nSPS) is 12.7. The van der Waals surface area contributed by atoms with Crippen molar-refractivity contribution in [1.29, 1.82) is 0 Å². The molecule has 0 radical (unpaired) electrons. The fourth-order valence-electron chi connectivity index (χ4n) is 2.49. The molecule has 0 aromatic heterocycles. The maximum atomic E-state index is 12.3. The number of rotatable bonds is 5. The van der Waals surface area contributed by atoms with Crippen molar-refractivity contribution in [2.45, 2.75) is 11.3 Å². The average molecular weight is 329 g/mol. The van der Waals surface area contributed by atoms with Crippen LogP contribution >= 0.6 is 11.8 Å². The third-order valence-electron chi connectivity index (χ3n) is 3.66. The summed E-state index contributed by atoms with van der Waals surface area (Å²) in [6, 6.07) is 13.6. The predicted octanol–water partition coefficient (Wildman–Crippen LogP) is 3.15. The number of hydrogen-bond donors (Lipinski definition) is 1. The van der Waals surface area contributed by atoms with E-state index < -0.39 is 0 Å². The molecule has 1 amide bonds. The number of ether oxygens (including phenoxy) is 2. The topological polar surface area (TPSA) is 47.6 Å². The number of carbonyl (C=O) groups excluding carboxylic acids is 1. The third kappa shape index (κ3) is 3.79. The van der Waals surface area contributed by atoms with Gasteiger partial charge in [-0.05, 0) is 42.5 Å². The van der Waals surface area contributed by atoms with Gasteiger partial charge in [0.05, 0.1) is 5.56 Å². The molecule has 2 aromatic carbocycles. The minimum absolute atomic E-state index is 0.0347. The second-order valence-electron chi connectivity index (χ2n) is 5.18. The zero-order valence-electron chi connectivity index (χ0n) is 13.0. The molecule has 0 bridgehead atoms. The lowest BCUT2D eigenvalue weighted by atomic mass is 10.1. The van der Waals surface area contributed by atoms with E-state index in [4.69, 9.17) is 9.47 Å². The summed E-state index contributed by atoms with van der Waals surface area (Å²) in [4.78, 5) is 13.3. The highest BCUT2D eigenvalue weighted by Crippen LogP contribution is 2.30. The predicted molar refractivity (Wildman–Crippen MR) is 91.7 cm³/mol. The highest BCUT2D eigenvalue weighted by Gasteiger charge is 2.12. The molecule has 3 rings (SSSR count). The van der Waals surface area contributed by atoms with E-state index >= 15 is 0 Å². The minimum atomic E-state index is -0.0347. The molecule has 1 aliphatic rings. The summed E-state index contributed by atoms with van der Waals surface area (Å²) < 4.78 is 11.1. The number of hydrogen-bond acceptors (Lipinski definition) is 4. The number of carbonyl (C=O) groups is 1. The van der Waals surface area contributed by atoms with Crippen LogP contribution < -0.4 is 14.8 Å². The Labute approximate surface area is 140 Å². The van der Waals surface area contributed by atoms with Crippen molar-refractivity contribution in [3.05, 3.63) is 53.6 Å². The lowest BCUT2D eigenvalue weighted by molar-refractivity contribution is 0.0951. The lowest BCUT2D eigenvalue weighted by Crippen LogP contribution is -2.26. The van der Waals surface area contributed by atoms with Crippen LogP contribution in [-0.4, -0.2) is 31.9 Å². The van der Waals surface area contributed by atoms with Gasteiger partial charge in [0, 0.05) is 11.4 Å². The molecule has 0 saturated heterocycles. The van der Waals surface area contributed by atoms with Crippen LogP contribution in [0.15, 0.2) is 47.4 Å². The van der Waals surface area contributed by atoms with Crippen molar-refractivity contribution in [2.75, 3.05) is 26.0 Å². The molecule has 1 heterocycles. The fourth-order valence-corrected chi connectivity index (χ4v) is 3.09. The molecule has 2 aromatic rings. The summed E-state index contributed by atoms with van der Waals surface area (Å²) in [6.07, 6.45) is 2.73. The Morgan fingerprint density at radius 1 is 1.13 bits per heavy atom. The first-order valence-corrected chi connectivity index (χ1v) is 8.80. The Morgan fingerprint density at radius 3 is 2.74 bits per heavy atom. The molecule has 0 saturated carbocycles. The van der Waals surface area contributed by atoms with Crippen LogP contribution in [0.3, 0.4) is 0 Å². The van der Waals surface area contributed by atoms with E-state index in [9.17, 15) is 4.79 Å². The van der Waals surface area contributed by atoms with Gasteiger partial charge in [0.2, 0.25) is 0 Å². The molecule has 0 spiro atoms. The smallest absolute Gasteiger partial charge is 0.252 e. The zero-order chi connectivity index (χ0) is 16.1. The van der Waals surface area contributed by atoms with E-state index in [1.165, 1.54) is 0 Å². The van der Waals surface area contributed by atoms with Gasteiger partial charge in [-0.3, -0.25) is 4.79 Å². The Hall–Kier alpha value is -2.14. The zero-order valence-corrected chi connectivity index (χ0v) is 13.8. The summed E-state index contributed by atoms with van der Waals surface area (Å²) in [7, 11) is 0. The van der Waals surface area contributed by atoms with Crippen molar-refractivity contribution in [2.24, 2.45) is 0 Å². The van der Waals surface area contributed by atoms with E-state index in [1.807, 2.05) is 48.7 Å². The Morgan fingerprint density at radius 2 is 1.91 bits per heavy atom. The van der Waals surface area contributed by atoms with E-state index in [-0.39, 0.29) is 5.91 Å². The number of fused-ring (bicyclic) bond motifs is 1. The quantitative estimate of drug-likeness (QED) is 0.856. The van der Waals surface area contributed by atoms with Crippen LogP contribution in [0.1, 0.15) is 15.9 Å². The van der Waals surface area contributed by atoms with Crippen LogP contribution in [0.4, 0.5) is 0 Å². The number of benzene rings is 2. The van der Waals surface area contributed by atoms with Crippen LogP contribution in [-0.2, 0) is 6.42 Å². The van der Waals surface area contributed by atoms with Crippen LogP contribution in [0.5, 0.6) is 11.5 Å². The maximum absolute atomic E-state index is 12.3. The first kappa shape index (κ1) is 15.7. The van der Waals surface area contributed by atoms with Gasteiger partial charge < -0.3 is 14.8 Å². The van der Waals surface area contributed by atoms with Crippen molar-refractivity contribution >= 4 is 17.7 Å². The van der Waals surface area contributed by atoms with Gasteiger partial charge in [0.25, 0.3) is 5.91 Å². The second kappa shape index (κ2) is 7.42. The molecular weight excluding hydrogens is 310 g/mol. The van der Waals surface area contributed by atoms with Crippen molar-refractivity contribution in [1.82, 2.24) is 5.32 Å². The largest absolute Gasteiger partial charge is 0.486 e. The van der Waals surface area contributed by atoms with Gasteiger partial charge in [-0.2, -0.15) is 0 Å². The van der Waals surface area contributed by atoms with Crippen molar-refractivity contribution < 1.29 is 14.3 Å². The van der Waals surface area contributed by atoms with E-state index in [2.05, 4.69) is 5.32 Å². The third-order valence-corrected chi connectivity index (χ3v) is 4.45. The van der Waals surface area contributed by atoms with E-state index in [1.54, 1.807) is 11.8 Å². The molecular formula is C18H19NO3S. The van der Waals surface area contributed by atoms with Crippen LogP contribution in [0.2, 0.25) is 0 Å². The molecule has 1 N–H and O–H groups in total. The summed E-state index contributed by atoms with van der Waals surface area (Å²) >= 11 is 1.58.